The third-order valence-electron chi connectivity index (χ3n) is 3.35. The van der Waals surface area contributed by atoms with Crippen molar-refractivity contribution in [2.45, 2.75) is 0 Å². The van der Waals surface area contributed by atoms with Gasteiger partial charge in [0.2, 0.25) is 0 Å². The Morgan fingerprint density at radius 3 is 2.55 bits per heavy atom. The molecular formula is C13H16N6S. The van der Waals surface area contributed by atoms with Crippen LogP contribution in [0.2, 0.25) is 0 Å². The van der Waals surface area contributed by atoms with E-state index in [-0.39, 0.29) is 5.84 Å². The van der Waals surface area contributed by atoms with Crippen LogP contribution in [0.15, 0.2) is 29.9 Å². The number of pyridine rings is 1. The summed E-state index contributed by atoms with van der Waals surface area (Å²) in [5.74, 6) is 0.00766. The first-order chi connectivity index (χ1) is 9.74. The van der Waals surface area contributed by atoms with Crippen LogP contribution in [0.1, 0.15) is 5.69 Å². The first-order valence-corrected chi connectivity index (χ1v) is 7.32. The standard InChI is InChI=1S/C13H16N6S/c14-12(15)11-9-10(1-2-16-11)18-4-6-19(7-5-18)13-17-3-8-20-13/h1-3,8-9H,4-7H2,(H3,14,15). The van der Waals surface area contributed by atoms with Crippen LogP contribution < -0.4 is 15.5 Å². The molecule has 0 amide bonds. The molecule has 3 rings (SSSR count). The highest BCUT2D eigenvalue weighted by Gasteiger charge is 2.19. The van der Waals surface area contributed by atoms with Crippen molar-refractivity contribution in [3.05, 3.63) is 35.6 Å². The van der Waals surface area contributed by atoms with Gasteiger partial charge in [0.05, 0.1) is 0 Å². The van der Waals surface area contributed by atoms with Gasteiger partial charge in [-0.05, 0) is 12.1 Å². The van der Waals surface area contributed by atoms with Crippen molar-refractivity contribution < 1.29 is 0 Å². The second-order valence-corrected chi connectivity index (χ2v) is 5.47. The van der Waals surface area contributed by atoms with Crippen LogP contribution in [-0.2, 0) is 0 Å². The molecule has 104 valence electrons. The van der Waals surface area contributed by atoms with Gasteiger partial charge in [-0.25, -0.2) is 4.98 Å². The van der Waals surface area contributed by atoms with Gasteiger partial charge in [0.15, 0.2) is 5.13 Å². The molecule has 0 atom stereocenters. The van der Waals surface area contributed by atoms with Gasteiger partial charge in [-0.15, -0.1) is 11.3 Å². The maximum Gasteiger partial charge on any atom is 0.185 e. The van der Waals surface area contributed by atoms with Gasteiger partial charge in [0.25, 0.3) is 0 Å². The molecule has 0 spiro atoms. The Morgan fingerprint density at radius 1 is 1.15 bits per heavy atom. The summed E-state index contributed by atoms with van der Waals surface area (Å²) in [6.45, 7) is 3.76. The Bertz CT molecular complexity index is 589. The maximum absolute atomic E-state index is 7.45. The summed E-state index contributed by atoms with van der Waals surface area (Å²) in [6.07, 6.45) is 3.55. The van der Waals surface area contributed by atoms with E-state index in [9.17, 15) is 0 Å². The van der Waals surface area contributed by atoms with Crippen molar-refractivity contribution in [3.8, 4) is 0 Å². The molecule has 3 heterocycles. The highest BCUT2D eigenvalue weighted by molar-refractivity contribution is 7.13. The molecular weight excluding hydrogens is 272 g/mol. The number of hydrogen-bond donors (Lipinski definition) is 2. The number of nitrogens with one attached hydrogen (secondary N) is 1. The van der Waals surface area contributed by atoms with Crippen LogP contribution in [0, 0.1) is 5.41 Å². The van der Waals surface area contributed by atoms with Gasteiger partial charge >= 0.3 is 0 Å². The Hall–Kier alpha value is -2.15. The summed E-state index contributed by atoms with van der Waals surface area (Å²) in [5.41, 5.74) is 7.09. The predicted octanol–water partition coefficient (Wildman–Crippen LogP) is 1.15. The van der Waals surface area contributed by atoms with E-state index in [4.69, 9.17) is 11.1 Å². The molecule has 2 aromatic heterocycles. The average Bonchev–Trinajstić information content (AvgIpc) is 3.02. The first kappa shape index (κ1) is 12.9. The summed E-state index contributed by atoms with van der Waals surface area (Å²) in [4.78, 5) is 13.0. The second-order valence-electron chi connectivity index (χ2n) is 4.60. The quantitative estimate of drug-likeness (QED) is 0.654. The molecule has 0 aliphatic carbocycles. The molecule has 1 fully saturated rings. The van der Waals surface area contributed by atoms with E-state index < -0.39 is 0 Å². The van der Waals surface area contributed by atoms with E-state index >= 15 is 0 Å². The Balaban J connectivity index is 1.69. The summed E-state index contributed by atoms with van der Waals surface area (Å²) in [5, 5.41) is 10.5. The minimum absolute atomic E-state index is 0.00766. The molecule has 2 aromatic rings. The van der Waals surface area contributed by atoms with Gasteiger partial charge in [0, 0.05) is 49.6 Å². The SMILES string of the molecule is N=C(N)c1cc(N2CCN(c3nccs3)CC2)ccn1. The van der Waals surface area contributed by atoms with Crippen molar-refractivity contribution >= 4 is 28.0 Å². The summed E-state index contributed by atoms with van der Waals surface area (Å²) >= 11 is 1.67. The van der Waals surface area contributed by atoms with Crippen molar-refractivity contribution in [1.82, 2.24) is 9.97 Å². The number of hydrogen-bond acceptors (Lipinski definition) is 6. The lowest BCUT2D eigenvalue weighted by Gasteiger charge is -2.36. The number of nitrogens with zero attached hydrogens (tertiary/aromatic N) is 4. The van der Waals surface area contributed by atoms with Gasteiger partial charge in [0.1, 0.15) is 11.5 Å². The zero-order valence-electron chi connectivity index (χ0n) is 11.0. The van der Waals surface area contributed by atoms with Gasteiger partial charge in [-0.1, -0.05) is 0 Å². The van der Waals surface area contributed by atoms with Crippen molar-refractivity contribution in [2.75, 3.05) is 36.0 Å². The monoisotopic (exact) mass is 288 g/mol. The minimum Gasteiger partial charge on any atom is -0.382 e. The molecule has 1 saturated heterocycles. The molecule has 0 bridgehead atoms. The van der Waals surface area contributed by atoms with Crippen molar-refractivity contribution in [1.29, 1.82) is 5.41 Å². The molecule has 1 aliphatic rings. The number of nitrogens with two attached hydrogens (primary N) is 1. The average molecular weight is 288 g/mol. The molecule has 0 unspecified atom stereocenters. The lowest BCUT2D eigenvalue weighted by atomic mass is 10.2. The number of rotatable bonds is 3. The Labute approximate surface area is 121 Å². The predicted molar refractivity (Wildman–Crippen MR) is 81.8 cm³/mol. The van der Waals surface area contributed by atoms with E-state index in [1.165, 1.54) is 0 Å². The fraction of sp³-hybridized carbons (Fsp3) is 0.308. The molecule has 20 heavy (non-hydrogen) atoms. The van der Waals surface area contributed by atoms with E-state index in [2.05, 4.69) is 19.8 Å². The summed E-state index contributed by atoms with van der Waals surface area (Å²) in [7, 11) is 0. The van der Waals surface area contributed by atoms with Gasteiger partial charge < -0.3 is 15.5 Å². The number of anilines is 2. The number of nitrogen functional groups attached to an aromatic ring is 1. The highest BCUT2D eigenvalue weighted by Crippen LogP contribution is 2.22. The molecule has 0 aromatic carbocycles. The third-order valence-corrected chi connectivity index (χ3v) is 4.19. The largest absolute Gasteiger partial charge is 0.382 e. The van der Waals surface area contributed by atoms with E-state index in [1.807, 2.05) is 23.7 Å². The van der Waals surface area contributed by atoms with Crippen LogP contribution in [0.25, 0.3) is 0 Å². The van der Waals surface area contributed by atoms with Crippen LogP contribution in [0.4, 0.5) is 10.8 Å². The minimum atomic E-state index is 0.00766. The smallest absolute Gasteiger partial charge is 0.185 e. The lowest BCUT2D eigenvalue weighted by Crippen LogP contribution is -2.46. The molecule has 6 nitrogen and oxygen atoms in total. The van der Waals surface area contributed by atoms with E-state index in [1.54, 1.807) is 17.5 Å². The Kier molecular flexibility index (Phi) is 3.51. The normalized spacial score (nSPS) is 15.4. The van der Waals surface area contributed by atoms with Crippen LogP contribution in [-0.4, -0.2) is 42.0 Å². The van der Waals surface area contributed by atoms with Crippen LogP contribution >= 0.6 is 11.3 Å². The second kappa shape index (κ2) is 5.46. The summed E-state index contributed by atoms with van der Waals surface area (Å²) in [6, 6.07) is 3.84. The number of piperazine rings is 1. The van der Waals surface area contributed by atoms with E-state index in [0.717, 1.165) is 37.0 Å². The number of amidine groups is 1. The van der Waals surface area contributed by atoms with Crippen molar-refractivity contribution in [3.63, 3.8) is 0 Å². The first-order valence-electron chi connectivity index (χ1n) is 6.44. The topological polar surface area (TPSA) is 82.1 Å². The number of aromatic nitrogens is 2. The molecule has 0 radical (unpaired) electrons. The van der Waals surface area contributed by atoms with Gasteiger partial charge in [-0.2, -0.15) is 0 Å². The number of thiazole rings is 1. The molecule has 0 saturated carbocycles. The maximum atomic E-state index is 7.45. The van der Waals surface area contributed by atoms with Crippen LogP contribution in [0.3, 0.4) is 0 Å². The van der Waals surface area contributed by atoms with Crippen molar-refractivity contribution in [2.24, 2.45) is 5.73 Å². The highest BCUT2D eigenvalue weighted by atomic mass is 32.1. The fourth-order valence-corrected chi connectivity index (χ4v) is 2.99. The fourth-order valence-electron chi connectivity index (χ4n) is 2.29. The summed E-state index contributed by atoms with van der Waals surface area (Å²) < 4.78 is 0. The third kappa shape index (κ3) is 2.57. The molecule has 1 aliphatic heterocycles. The zero-order valence-corrected chi connectivity index (χ0v) is 11.8. The lowest BCUT2D eigenvalue weighted by molar-refractivity contribution is 0.652. The molecule has 7 heteroatoms. The Morgan fingerprint density at radius 2 is 1.90 bits per heavy atom. The molecule has 3 N–H and O–H groups in total. The zero-order chi connectivity index (χ0) is 13.9. The van der Waals surface area contributed by atoms with E-state index in [0.29, 0.717) is 5.69 Å². The van der Waals surface area contributed by atoms with Crippen LogP contribution in [0.5, 0.6) is 0 Å². The van der Waals surface area contributed by atoms with Gasteiger partial charge in [-0.3, -0.25) is 10.4 Å².